The molecule has 0 aliphatic rings. The van der Waals surface area contributed by atoms with Gasteiger partial charge in [-0.05, 0) is 5.56 Å². The quantitative estimate of drug-likeness (QED) is 0.731. The van der Waals surface area contributed by atoms with E-state index in [0.717, 1.165) is 5.56 Å². The van der Waals surface area contributed by atoms with E-state index >= 15 is 0 Å². The van der Waals surface area contributed by atoms with E-state index in [4.69, 9.17) is 5.73 Å². The van der Waals surface area contributed by atoms with Gasteiger partial charge in [-0.25, -0.2) is 8.78 Å². The molecule has 0 saturated carbocycles. The molecule has 88 valence electrons. The van der Waals surface area contributed by atoms with Crippen LogP contribution in [0.5, 0.6) is 0 Å². The summed E-state index contributed by atoms with van der Waals surface area (Å²) in [7, 11) is 0. The highest BCUT2D eigenvalue weighted by Crippen LogP contribution is 2.20. The van der Waals surface area contributed by atoms with Gasteiger partial charge >= 0.3 is 0 Å². The molecular weight excluding hydrogens is 210 g/mol. The lowest BCUT2D eigenvalue weighted by atomic mass is 10.0. The Hall–Kier alpha value is -1.26. The van der Waals surface area contributed by atoms with Crippen LogP contribution in [0.3, 0.4) is 0 Å². The molecule has 0 aliphatic carbocycles. The van der Waals surface area contributed by atoms with Crippen LogP contribution in [0.4, 0.5) is 8.78 Å². The first-order valence-corrected chi connectivity index (χ1v) is 5.11. The van der Waals surface area contributed by atoms with E-state index in [1.807, 2.05) is 0 Å². The molecule has 2 nitrogen and oxygen atoms in total. The summed E-state index contributed by atoms with van der Waals surface area (Å²) in [5, 5.41) is 3.15. The number of alkyl halides is 2. The smallest absolute Gasteiger partial charge is 0.263 e. The van der Waals surface area contributed by atoms with Gasteiger partial charge in [0.1, 0.15) is 0 Å². The Labute approximate surface area is 94.2 Å². The van der Waals surface area contributed by atoms with E-state index in [1.54, 1.807) is 18.2 Å². The van der Waals surface area contributed by atoms with Gasteiger partial charge in [0.25, 0.3) is 6.43 Å². The number of halogens is 2. The molecule has 0 bridgehead atoms. The number of hydrogen-bond donors (Lipinski definition) is 2. The third-order valence-electron chi connectivity index (χ3n) is 2.34. The summed E-state index contributed by atoms with van der Waals surface area (Å²) in [6.45, 7) is 4.65. The summed E-state index contributed by atoms with van der Waals surface area (Å²) in [4.78, 5) is 0. The van der Waals surface area contributed by atoms with Crippen molar-refractivity contribution >= 4 is 0 Å². The third-order valence-corrected chi connectivity index (χ3v) is 2.34. The van der Waals surface area contributed by atoms with Crippen molar-refractivity contribution in [3.63, 3.8) is 0 Å². The summed E-state index contributed by atoms with van der Waals surface area (Å²) in [5.74, 6) is 0. The Bertz CT molecular complexity index is 322. The molecule has 0 aromatic heterocycles. The second kappa shape index (κ2) is 6.35. The van der Waals surface area contributed by atoms with E-state index in [2.05, 4.69) is 11.9 Å². The van der Waals surface area contributed by atoms with Crippen LogP contribution in [0, 0.1) is 0 Å². The molecule has 16 heavy (non-hydrogen) atoms. The first kappa shape index (κ1) is 12.8. The molecule has 0 spiro atoms. The summed E-state index contributed by atoms with van der Waals surface area (Å²) in [6, 6.07) is 6.19. The van der Waals surface area contributed by atoms with Gasteiger partial charge in [0.05, 0.1) is 0 Å². The van der Waals surface area contributed by atoms with Crippen molar-refractivity contribution in [2.24, 2.45) is 5.73 Å². The molecule has 1 unspecified atom stereocenters. The van der Waals surface area contributed by atoms with Gasteiger partial charge in [0.2, 0.25) is 0 Å². The maximum absolute atomic E-state index is 12.3. The number of nitrogens with two attached hydrogens (primary N) is 1. The summed E-state index contributed by atoms with van der Waals surface area (Å²) >= 11 is 0. The van der Waals surface area contributed by atoms with Crippen LogP contribution in [0.2, 0.25) is 0 Å². The predicted molar refractivity (Wildman–Crippen MR) is 61.4 cm³/mol. The lowest BCUT2D eigenvalue weighted by Crippen LogP contribution is -2.28. The van der Waals surface area contributed by atoms with Crippen LogP contribution in [-0.2, 0) is 0 Å². The van der Waals surface area contributed by atoms with Gasteiger partial charge in [0.15, 0.2) is 0 Å². The molecule has 1 atom stereocenters. The molecule has 1 aromatic carbocycles. The van der Waals surface area contributed by atoms with Crippen molar-refractivity contribution in [2.45, 2.75) is 12.5 Å². The minimum atomic E-state index is -2.42. The first-order valence-electron chi connectivity index (χ1n) is 5.11. The normalized spacial score (nSPS) is 12.8. The standard InChI is InChI=1S/C12H16F2N2/c1-2-7-16-11(8-15)9-3-5-10(6-4-9)12(13)14/h2-6,11-12,16H,1,7-8,15H2. The molecule has 3 N–H and O–H groups in total. The van der Waals surface area contributed by atoms with Crippen molar-refractivity contribution in [1.29, 1.82) is 0 Å². The van der Waals surface area contributed by atoms with Gasteiger partial charge in [-0.1, -0.05) is 30.3 Å². The van der Waals surface area contributed by atoms with E-state index < -0.39 is 6.43 Å². The van der Waals surface area contributed by atoms with Gasteiger partial charge in [-0.2, -0.15) is 0 Å². The highest BCUT2D eigenvalue weighted by molar-refractivity contribution is 5.26. The van der Waals surface area contributed by atoms with Crippen LogP contribution in [0.25, 0.3) is 0 Å². The molecule has 0 amide bonds. The predicted octanol–water partition coefficient (Wildman–Crippen LogP) is 2.40. The molecule has 4 heteroatoms. The molecule has 0 aliphatic heterocycles. The van der Waals surface area contributed by atoms with Gasteiger partial charge in [-0.3, -0.25) is 0 Å². The Balaban J connectivity index is 2.73. The fraction of sp³-hybridized carbons (Fsp3) is 0.333. The maximum atomic E-state index is 12.3. The second-order valence-electron chi connectivity index (χ2n) is 3.45. The third kappa shape index (κ3) is 3.40. The zero-order chi connectivity index (χ0) is 12.0. The second-order valence-corrected chi connectivity index (χ2v) is 3.45. The fourth-order valence-electron chi connectivity index (χ4n) is 1.44. The molecule has 0 radical (unpaired) electrons. The van der Waals surface area contributed by atoms with Crippen molar-refractivity contribution < 1.29 is 8.78 Å². The topological polar surface area (TPSA) is 38.0 Å². The van der Waals surface area contributed by atoms with Crippen LogP contribution >= 0.6 is 0 Å². The number of nitrogens with one attached hydrogen (secondary N) is 1. The SMILES string of the molecule is C=CCNC(CN)c1ccc(C(F)F)cc1. The summed E-state index contributed by atoms with van der Waals surface area (Å²) < 4.78 is 24.7. The highest BCUT2D eigenvalue weighted by Gasteiger charge is 2.10. The largest absolute Gasteiger partial charge is 0.329 e. The van der Waals surface area contributed by atoms with E-state index in [9.17, 15) is 8.78 Å². The average Bonchev–Trinajstić information content (AvgIpc) is 2.30. The molecule has 1 aromatic rings. The minimum absolute atomic E-state index is 0.0234. The fourth-order valence-corrected chi connectivity index (χ4v) is 1.44. The van der Waals surface area contributed by atoms with Gasteiger partial charge in [0, 0.05) is 24.7 Å². The molecule has 1 rings (SSSR count). The molecule has 0 fully saturated rings. The van der Waals surface area contributed by atoms with E-state index in [-0.39, 0.29) is 11.6 Å². The zero-order valence-corrected chi connectivity index (χ0v) is 9.00. The van der Waals surface area contributed by atoms with Crippen molar-refractivity contribution in [3.8, 4) is 0 Å². The average molecular weight is 226 g/mol. The van der Waals surface area contributed by atoms with Gasteiger partial charge < -0.3 is 11.1 Å². The Morgan fingerprint density at radius 2 is 1.81 bits per heavy atom. The Morgan fingerprint density at radius 3 is 2.25 bits per heavy atom. The van der Waals surface area contributed by atoms with Gasteiger partial charge in [-0.15, -0.1) is 6.58 Å². The Kier molecular flexibility index (Phi) is 5.08. The number of rotatable bonds is 6. The summed E-state index contributed by atoms with van der Waals surface area (Å²) in [5.41, 5.74) is 6.54. The van der Waals surface area contributed by atoms with Crippen molar-refractivity contribution in [3.05, 3.63) is 48.0 Å². The monoisotopic (exact) mass is 226 g/mol. The molecular formula is C12H16F2N2. The van der Waals surface area contributed by atoms with Crippen LogP contribution in [0.1, 0.15) is 23.6 Å². The highest BCUT2D eigenvalue weighted by atomic mass is 19.3. The Morgan fingerprint density at radius 1 is 1.25 bits per heavy atom. The zero-order valence-electron chi connectivity index (χ0n) is 9.00. The lowest BCUT2D eigenvalue weighted by Gasteiger charge is -2.16. The van der Waals surface area contributed by atoms with E-state index in [1.165, 1.54) is 12.1 Å². The number of hydrogen-bond acceptors (Lipinski definition) is 2. The minimum Gasteiger partial charge on any atom is -0.329 e. The van der Waals surface area contributed by atoms with E-state index in [0.29, 0.717) is 13.1 Å². The van der Waals surface area contributed by atoms with Crippen LogP contribution in [-0.4, -0.2) is 13.1 Å². The first-order chi connectivity index (χ1) is 7.69. The maximum Gasteiger partial charge on any atom is 0.263 e. The summed E-state index contributed by atoms with van der Waals surface area (Å²) in [6.07, 6.45) is -0.692. The van der Waals surface area contributed by atoms with Crippen molar-refractivity contribution in [1.82, 2.24) is 5.32 Å². The van der Waals surface area contributed by atoms with Crippen LogP contribution in [0.15, 0.2) is 36.9 Å². The molecule has 0 saturated heterocycles. The van der Waals surface area contributed by atoms with Crippen molar-refractivity contribution in [2.75, 3.05) is 13.1 Å². The van der Waals surface area contributed by atoms with Crippen LogP contribution < -0.4 is 11.1 Å². The number of benzene rings is 1. The molecule has 0 heterocycles. The lowest BCUT2D eigenvalue weighted by molar-refractivity contribution is 0.151.